The molecule has 1 amide bonds. The predicted molar refractivity (Wildman–Crippen MR) is 85.3 cm³/mol. The summed E-state index contributed by atoms with van der Waals surface area (Å²) >= 11 is 0. The van der Waals surface area contributed by atoms with Crippen LogP contribution in [0.3, 0.4) is 0 Å². The molecule has 23 heavy (non-hydrogen) atoms. The van der Waals surface area contributed by atoms with Crippen LogP contribution in [-0.2, 0) is 11.3 Å². The molecule has 126 valence electrons. The standard InChI is InChI=1S/C16H23N3O4/c1-16(2,3)23-15(20)18-9-7-17(8-10-18)12-13-5-4-6-14(11-13)19(21)22/h4-6,11H,7-10,12H2,1-3H3/p+1. The number of piperazine rings is 1. The van der Waals surface area contributed by atoms with Crippen molar-refractivity contribution in [3.63, 3.8) is 0 Å². The molecule has 1 aliphatic rings. The van der Waals surface area contributed by atoms with Gasteiger partial charge in [0, 0.05) is 17.7 Å². The smallest absolute Gasteiger partial charge is 0.410 e. The van der Waals surface area contributed by atoms with Gasteiger partial charge in [-0.3, -0.25) is 15.0 Å². The summed E-state index contributed by atoms with van der Waals surface area (Å²) in [6.45, 7) is 9.18. The van der Waals surface area contributed by atoms with Gasteiger partial charge in [-0.15, -0.1) is 0 Å². The minimum atomic E-state index is -0.482. The maximum Gasteiger partial charge on any atom is 0.410 e. The number of rotatable bonds is 3. The van der Waals surface area contributed by atoms with Crippen molar-refractivity contribution in [2.24, 2.45) is 0 Å². The van der Waals surface area contributed by atoms with E-state index in [2.05, 4.69) is 0 Å². The number of carbonyl (C=O) groups is 1. The second kappa shape index (κ2) is 6.95. The van der Waals surface area contributed by atoms with Crippen LogP contribution in [0.1, 0.15) is 26.3 Å². The van der Waals surface area contributed by atoms with Crippen molar-refractivity contribution in [2.45, 2.75) is 32.9 Å². The van der Waals surface area contributed by atoms with Gasteiger partial charge < -0.3 is 9.64 Å². The first-order chi connectivity index (χ1) is 10.7. The molecule has 0 unspecified atom stereocenters. The molecular formula is C16H24N3O4+. The Kier molecular flexibility index (Phi) is 5.20. The van der Waals surface area contributed by atoms with Crippen LogP contribution >= 0.6 is 0 Å². The molecule has 0 aliphatic carbocycles. The SMILES string of the molecule is CC(C)(C)OC(=O)N1CC[NH+](Cc2cccc([N+](=O)[O-])c2)CC1. The molecule has 0 spiro atoms. The van der Waals surface area contributed by atoms with Gasteiger partial charge in [-0.25, -0.2) is 4.79 Å². The van der Waals surface area contributed by atoms with Gasteiger partial charge in [0.2, 0.25) is 0 Å². The minimum absolute atomic E-state index is 0.120. The maximum atomic E-state index is 12.0. The number of ether oxygens (including phenoxy) is 1. The van der Waals surface area contributed by atoms with E-state index in [-0.39, 0.29) is 16.7 Å². The van der Waals surface area contributed by atoms with Crippen molar-refractivity contribution in [2.75, 3.05) is 26.2 Å². The lowest BCUT2D eigenvalue weighted by Crippen LogP contribution is -3.13. The zero-order chi connectivity index (χ0) is 17.0. The zero-order valence-electron chi connectivity index (χ0n) is 13.9. The second-order valence-electron chi connectivity index (χ2n) is 6.82. The van der Waals surface area contributed by atoms with E-state index in [0.29, 0.717) is 13.1 Å². The van der Waals surface area contributed by atoms with Crippen molar-refractivity contribution in [3.8, 4) is 0 Å². The molecule has 0 saturated carbocycles. The summed E-state index contributed by atoms with van der Waals surface area (Å²) in [6, 6.07) is 6.73. The summed E-state index contributed by atoms with van der Waals surface area (Å²) in [7, 11) is 0. The first kappa shape index (κ1) is 17.2. The summed E-state index contributed by atoms with van der Waals surface area (Å²) in [4.78, 5) is 25.5. The summed E-state index contributed by atoms with van der Waals surface area (Å²) in [6.07, 6.45) is -0.271. The molecule has 1 fully saturated rings. The average Bonchev–Trinajstić information content (AvgIpc) is 2.46. The maximum absolute atomic E-state index is 12.0. The number of nitrogens with one attached hydrogen (secondary N) is 1. The van der Waals surface area contributed by atoms with Gasteiger partial charge in [-0.1, -0.05) is 12.1 Å². The molecule has 1 aromatic carbocycles. The first-order valence-corrected chi connectivity index (χ1v) is 7.79. The number of amides is 1. The van der Waals surface area contributed by atoms with E-state index in [0.717, 1.165) is 25.2 Å². The molecule has 0 atom stereocenters. The van der Waals surface area contributed by atoms with Crippen molar-refractivity contribution in [1.82, 2.24) is 4.90 Å². The Morgan fingerprint density at radius 2 is 2.00 bits per heavy atom. The number of nitro groups is 1. The lowest BCUT2D eigenvalue weighted by Gasteiger charge is -2.33. The highest BCUT2D eigenvalue weighted by Crippen LogP contribution is 2.13. The molecular weight excluding hydrogens is 298 g/mol. The fourth-order valence-corrected chi connectivity index (χ4v) is 2.58. The van der Waals surface area contributed by atoms with Crippen LogP contribution in [0, 0.1) is 10.1 Å². The van der Waals surface area contributed by atoms with Crippen LogP contribution in [0.25, 0.3) is 0 Å². The molecule has 2 rings (SSSR count). The first-order valence-electron chi connectivity index (χ1n) is 7.79. The molecule has 1 saturated heterocycles. The van der Waals surface area contributed by atoms with Gasteiger partial charge in [-0.05, 0) is 20.8 Å². The Bertz CT molecular complexity index is 575. The van der Waals surface area contributed by atoms with Crippen molar-refractivity contribution in [3.05, 3.63) is 39.9 Å². The van der Waals surface area contributed by atoms with E-state index >= 15 is 0 Å². The number of quaternary nitrogens is 1. The van der Waals surface area contributed by atoms with E-state index in [1.54, 1.807) is 17.0 Å². The highest BCUT2D eigenvalue weighted by molar-refractivity contribution is 5.68. The van der Waals surface area contributed by atoms with Gasteiger partial charge in [0.1, 0.15) is 12.1 Å². The molecule has 0 aromatic heterocycles. The van der Waals surface area contributed by atoms with E-state index in [1.165, 1.54) is 11.0 Å². The number of non-ortho nitro benzene ring substituents is 1. The number of nitro benzene ring substituents is 1. The summed E-state index contributed by atoms with van der Waals surface area (Å²) < 4.78 is 5.38. The quantitative estimate of drug-likeness (QED) is 0.671. The topological polar surface area (TPSA) is 77.1 Å². The Balaban J connectivity index is 1.86. The Hall–Kier alpha value is -2.15. The Labute approximate surface area is 136 Å². The number of nitrogens with zero attached hydrogens (tertiary/aromatic N) is 2. The molecule has 7 heteroatoms. The Morgan fingerprint density at radius 3 is 2.57 bits per heavy atom. The summed E-state index contributed by atoms with van der Waals surface area (Å²) in [5.41, 5.74) is 0.582. The fourth-order valence-electron chi connectivity index (χ4n) is 2.58. The fraction of sp³-hybridized carbons (Fsp3) is 0.562. The van der Waals surface area contributed by atoms with Crippen LogP contribution in [0.15, 0.2) is 24.3 Å². The van der Waals surface area contributed by atoms with Crippen molar-refractivity contribution < 1.29 is 19.4 Å². The zero-order valence-corrected chi connectivity index (χ0v) is 13.9. The molecule has 7 nitrogen and oxygen atoms in total. The number of hydrogen-bond acceptors (Lipinski definition) is 4. The van der Waals surface area contributed by atoms with E-state index in [1.807, 2.05) is 26.8 Å². The largest absolute Gasteiger partial charge is 0.444 e. The van der Waals surface area contributed by atoms with E-state index in [4.69, 9.17) is 4.74 Å². The molecule has 1 heterocycles. The van der Waals surface area contributed by atoms with Gasteiger partial charge in [0.05, 0.1) is 31.1 Å². The van der Waals surface area contributed by atoms with Crippen LogP contribution in [0.5, 0.6) is 0 Å². The van der Waals surface area contributed by atoms with Crippen molar-refractivity contribution in [1.29, 1.82) is 0 Å². The molecule has 0 radical (unpaired) electrons. The second-order valence-corrected chi connectivity index (χ2v) is 6.82. The number of hydrogen-bond donors (Lipinski definition) is 1. The third-order valence-corrected chi connectivity index (χ3v) is 3.70. The van der Waals surface area contributed by atoms with Gasteiger partial charge in [0.15, 0.2) is 0 Å². The minimum Gasteiger partial charge on any atom is -0.444 e. The molecule has 1 N–H and O–H groups in total. The molecule has 0 bridgehead atoms. The lowest BCUT2D eigenvalue weighted by molar-refractivity contribution is -0.917. The van der Waals surface area contributed by atoms with E-state index < -0.39 is 5.60 Å². The van der Waals surface area contributed by atoms with Crippen molar-refractivity contribution >= 4 is 11.8 Å². The molecule has 1 aromatic rings. The van der Waals surface area contributed by atoms with Crippen LogP contribution in [0.2, 0.25) is 0 Å². The van der Waals surface area contributed by atoms with Gasteiger partial charge >= 0.3 is 6.09 Å². The van der Waals surface area contributed by atoms with Crippen LogP contribution in [0.4, 0.5) is 10.5 Å². The molecule has 1 aliphatic heterocycles. The third-order valence-electron chi connectivity index (χ3n) is 3.70. The Morgan fingerprint density at radius 1 is 1.35 bits per heavy atom. The highest BCUT2D eigenvalue weighted by atomic mass is 16.6. The number of benzene rings is 1. The number of carbonyl (C=O) groups excluding carboxylic acids is 1. The average molecular weight is 322 g/mol. The summed E-state index contributed by atoms with van der Waals surface area (Å²) in [5, 5.41) is 10.8. The summed E-state index contributed by atoms with van der Waals surface area (Å²) in [5.74, 6) is 0. The normalized spacial score (nSPS) is 16.2. The van der Waals surface area contributed by atoms with Crippen LogP contribution in [-0.4, -0.2) is 47.7 Å². The third kappa shape index (κ3) is 5.21. The predicted octanol–water partition coefficient (Wildman–Crippen LogP) is 1.23. The monoisotopic (exact) mass is 322 g/mol. The highest BCUT2D eigenvalue weighted by Gasteiger charge is 2.27. The lowest BCUT2D eigenvalue weighted by atomic mass is 10.1. The van der Waals surface area contributed by atoms with E-state index in [9.17, 15) is 14.9 Å². The van der Waals surface area contributed by atoms with Gasteiger partial charge in [0.25, 0.3) is 5.69 Å². The van der Waals surface area contributed by atoms with Gasteiger partial charge in [-0.2, -0.15) is 0 Å². The van der Waals surface area contributed by atoms with Crippen LogP contribution < -0.4 is 4.90 Å².